The van der Waals surface area contributed by atoms with Gasteiger partial charge in [0.25, 0.3) is 5.91 Å². The number of carbonyl (C=O) groups is 2. The van der Waals surface area contributed by atoms with E-state index in [0.717, 1.165) is 0 Å². The van der Waals surface area contributed by atoms with Crippen molar-refractivity contribution in [3.8, 4) is 0 Å². The number of rotatable bonds is 2. The Hall–Kier alpha value is -2.76. The van der Waals surface area contributed by atoms with Gasteiger partial charge in [0.15, 0.2) is 0 Å². The van der Waals surface area contributed by atoms with Crippen LogP contribution >= 0.6 is 0 Å². The molecule has 0 aliphatic carbocycles. The lowest BCUT2D eigenvalue weighted by Crippen LogP contribution is -2.23. The maximum Gasteiger partial charge on any atom is 0.260 e. The molecule has 0 atom stereocenters. The van der Waals surface area contributed by atoms with Crippen LogP contribution in [0.4, 0.5) is 15.8 Å². The molecule has 6 heteroatoms. The lowest BCUT2D eigenvalue weighted by atomic mass is 10.2. The van der Waals surface area contributed by atoms with E-state index in [1.807, 2.05) is 0 Å². The number of carbonyl (C=O) groups excluding carboxylic acids is 2. The fraction of sp³-hybridized carbons (Fsp3) is 0.133. The van der Waals surface area contributed by atoms with E-state index in [0.29, 0.717) is 23.5 Å². The third-order valence-electron chi connectivity index (χ3n) is 3.25. The van der Waals surface area contributed by atoms with Crippen LogP contribution in [0.2, 0.25) is 0 Å². The molecule has 1 aliphatic heterocycles. The van der Waals surface area contributed by atoms with Crippen LogP contribution in [0.1, 0.15) is 23.0 Å². The Morgan fingerprint density at radius 2 is 2.19 bits per heavy atom. The largest absolute Gasteiger partial charge is 0.324 e. The molecule has 0 radical (unpaired) electrons. The highest BCUT2D eigenvalue weighted by molar-refractivity contribution is 6.09. The summed E-state index contributed by atoms with van der Waals surface area (Å²) in [6.45, 7) is 1.62. The van der Waals surface area contributed by atoms with Gasteiger partial charge in [-0.05, 0) is 30.3 Å². The standard InChI is InChI=1S/C15H12FN3O2/c1-9(20)18-13-5-4-10(7-12(13)16)19-8-14-11(15(19)21)3-2-6-17-14/h2-7H,8H2,1H3,(H,18,20). The van der Waals surface area contributed by atoms with E-state index in [1.54, 1.807) is 24.4 Å². The molecule has 0 saturated carbocycles. The Morgan fingerprint density at radius 3 is 2.86 bits per heavy atom. The number of fused-ring (bicyclic) bond motifs is 1. The van der Waals surface area contributed by atoms with Crippen LogP contribution in [0, 0.1) is 5.82 Å². The third kappa shape index (κ3) is 2.35. The molecule has 2 aromatic rings. The molecule has 0 bridgehead atoms. The van der Waals surface area contributed by atoms with Gasteiger partial charge in [-0.25, -0.2) is 4.39 Å². The molecule has 1 aromatic heterocycles. The number of hydrogen-bond donors (Lipinski definition) is 1. The molecule has 2 heterocycles. The van der Waals surface area contributed by atoms with Gasteiger partial charge in [0.1, 0.15) is 5.82 Å². The predicted octanol–water partition coefficient (Wildman–Crippen LogP) is 2.34. The predicted molar refractivity (Wildman–Crippen MR) is 75.5 cm³/mol. The van der Waals surface area contributed by atoms with Crippen LogP contribution in [0.5, 0.6) is 0 Å². The van der Waals surface area contributed by atoms with Gasteiger partial charge in [0.2, 0.25) is 5.91 Å². The highest BCUT2D eigenvalue weighted by Crippen LogP contribution is 2.29. The summed E-state index contributed by atoms with van der Waals surface area (Å²) in [4.78, 5) is 28.8. The Bertz CT molecular complexity index is 745. The number of nitrogens with zero attached hydrogens (tertiary/aromatic N) is 2. The Labute approximate surface area is 120 Å². The average Bonchev–Trinajstić information content (AvgIpc) is 2.79. The smallest absolute Gasteiger partial charge is 0.260 e. The van der Waals surface area contributed by atoms with Gasteiger partial charge >= 0.3 is 0 Å². The highest BCUT2D eigenvalue weighted by Gasteiger charge is 2.29. The molecular weight excluding hydrogens is 273 g/mol. The fourth-order valence-electron chi connectivity index (χ4n) is 2.30. The second kappa shape index (κ2) is 4.97. The van der Waals surface area contributed by atoms with Crippen molar-refractivity contribution < 1.29 is 14.0 Å². The molecule has 0 spiro atoms. The lowest BCUT2D eigenvalue weighted by molar-refractivity contribution is -0.114. The summed E-state index contributed by atoms with van der Waals surface area (Å²) in [5.41, 5.74) is 1.73. The first-order chi connectivity index (χ1) is 10.1. The zero-order valence-corrected chi connectivity index (χ0v) is 11.3. The van der Waals surface area contributed by atoms with E-state index >= 15 is 0 Å². The van der Waals surface area contributed by atoms with Gasteiger partial charge in [0.05, 0.1) is 23.5 Å². The molecule has 1 N–H and O–H groups in total. The molecule has 0 fully saturated rings. The van der Waals surface area contributed by atoms with Crippen LogP contribution in [0.25, 0.3) is 0 Å². The molecule has 106 valence electrons. The minimum Gasteiger partial charge on any atom is -0.324 e. The number of halogens is 1. The Morgan fingerprint density at radius 1 is 1.38 bits per heavy atom. The number of pyridine rings is 1. The number of hydrogen-bond acceptors (Lipinski definition) is 3. The number of aromatic nitrogens is 1. The monoisotopic (exact) mass is 285 g/mol. The second-order valence-corrected chi connectivity index (χ2v) is 4.73. The van der Waals surface area contributed by atoms with Gasteiger partial charge in [-0.2, -0.15) is 0 Å². The van der Waals surface area contributed by atoms with Gasteiger partial charge in [-0.1, -0.05) is 0 Å². The maximum absolute atomic E-state index is 14.0. The zero-order chi connectivity index (χ0) is 15.0. The van der Waals surface area contributed by atoms with E-state index in [9.17, 15) is 14.0 Å². The third-order valence-corrected chi connectivity index (χ3v) is 3.25. The number of amides is 2. The summed E-state index contributed by atoms with van der Waals surface area (Å²) >= 11 is 0. The van der Waals surface area contributed by atoms with E-state index < -0.39 is 5.82 Å². The summed E-state index contributed by atoms with van der Waals surface area (Å²) in [6.07, 6.45) is 1.62. The molecule has 0 saturated heterocycles. The number of benzene rings is 1. The van der Waals surface area contributed by atoms with Crippen LogP contribution in [0.3, 0.4) is 0 Å². The fourth-order valence-corrected chi connectivity index (χ4v) is 2.30. The van der Waals surface area contributed by atoms with Gasteiger partial charge < -0.3 is 10.2 Å². The van der Waals surface area contributed by atoms with E-state index in [-0.39, 0.29) is 17.5 Å². The average molecular weight is 285 g/mol. The van der Waals surface area contributed by atoms with Crippen LogP contribution in [0.15, 0.2) is 36.5 Å². The SMILES string of the molecule is CC(=O)Nc1ccc(N2Cc3ncccc3C2=O)cc1F. The van der Waals surface area contributed by atoms with Crippen molar-refractivity contribution in [2.45, 2.75) is 13.5 Å². The quantitative estimate of drug-likeness (QED) is 0.921. The summed E-state index contributed by atoms with van der Waals surface area (Å²) < 4.78 is 14.0. The highest BCUT2D eigenvalue weighted by atomic mass is 19.1. The van der Waals surface area contributed by atoms with Crippen molar-refractivity contribution in [2.24, 2.45) is 0 Å². The molecule has 1 aromatic carbocycles. The van der Waals surface area contributed by atoms with Crippen molar-refractivity contribution >= 4 is 23.2 Å². The van der Waals surface area contributed by atoms with E-state index in [4.69, 9.17) is 0 Å². The molecule has 21 heavy (non-hydrogen) atoms. The number of anilines is 2. The Kier molecular flexibility index (Phi) is 3.13. The summed E-state index contributed by atoms with van der Waals surface area (Å²) in [5, 5.41) is 2.39. The van der Waals surface area contributed by atoms with Crippen LogP contribution < -0.4 is 10.2 Å². The first kappa shape index (κ1) is 13.2. The normalized spacial score (nSPS) is 13.2. The zero-order valence-electron chi connectivity index (χ0n) is 11.3. The number of nitrogens with one attached hydrogen (secondary N) is 1. The molecule has 2 amide bonds. The van der Waals surface area contributed by atoms with Crippen molar-refractivity contribution in [3.63, 3.8) is 0 Å². The first-order valence-electron chi connectivity index (χ1n) is 6.39. The van der Waals surface area contributed by atoms with E-state index in [1.165, 1.54) is 24.0 Å². The van der Waals surface area contributed by atoms with Crippen molar-refractivity contribution in [1.82, 2.24) is 4.98 Å². The molecule has 3 rings (SSSR count). The lowest BCUT2D eigenvalue weighted by Gasteiger charge is -2.16. The van der Waals surface area contributed by atoms with Gasteiger partial charge in [-0.3, -0.25) is 14.6 Å². The maximum atomic E-state index is 14.0. The summed E-state index contributed by atoms with van der Waals surface area (Å²) in [7, 11) is 0. The van der Waals surface area contributed by atoms with Crippen molar-refractivity contribution in [2.75, 3.05) is 10.2 Å². The molecule has 1 aliphatic rings. The summed E-state index contributed by atoms with van der Waals surface area (Å²) in [6, 6.07) is 7.66. The van der Waals surface area contributed by atoms with Gasteiger partial charge in [0, 0.05) is 18.8 Å². The summed E-state index contributed by atoms with van der Waals surface area (Å²) in [5.74, 6) is -1.14. The van der Waals surface area contributed by atoms with Crippen molar-refractivity contribution in [1.29, 1.82) is 0 Å². The molecular formula is C15H12FN3O2. The van der Waals surface area contributed by atoms with Crippen LogP contribution in [-0.4, -0.2) is 16.8 Å². The Balaban J connectivity index is 1.91. The minimum absolute atomic E-state index is 0.0912. The van der Waals surface area contributed by atoms with Crippen LogP contribution in [-0.2, 0) is 11.3 Å². The minimum atomic E-state index is -0.584. The van der Waals surface area contributed by atoms with E-state index in [2.05, 4.69) is 10.3 Å². The van der Waals surface area contributed by atoms with Gasteiger partial charge in [-0.15, -0.1) is 0 Å². The topological polar surface area (TPSA) is 62.3 Å². The van der Waals surface area contributed by atoms with Crippen molar-refractivity contribution in [3.05, 3.63) is 53.6 Å². The molecule has 0 unspecified atom stereocenters. The first-order valence-corrected chi connectivity index (χ1v) is 6.39. The molecule has 5 nitrogen and oxygen atoms in total. The second-order valence-electron chi connectivity index (χ2n) is 4.73.